The molecule has 1 aromatic rings. The van der Waals surface area contributed by atoms with Gasteiger partial charge in [0.1, 0.15) is 13.2 Å². The summed E-state index contributed by atoms with van der Waals surface area (Å²) in [6, 6.07) is 5.46. The molecule has 0 aromatic heterocycles. The van der Waals surface area contributed by atoms with Crippen molar-refractivity contribution in [1.29, 1.82) is 0 Å². The van der Waals surface area contributed by atoms with Crippen LogP contribution in [0.2, 0.25) is 0 Å². The fourth-order valence-electron chi connectivity index (χ4n) is 2.21. The Morgan fingerprint density at radius 1 is 1.15 bits per heavy atom. The molecule has 0 fully saturated rings. The maximum absolute atomic E-state index is 10.1. The van der Waals surface area contributed by atoms with Gasteiger partial charge in [-0.25, -0.2) is 0 Å². The highest BCUT2D eigenvalue weighted by Gasteiger charge is 2.15. The molecule has 1 aromatic carbocycles. The number of rotatable bonds is 7. The average Bonchev–Trinajstić information content (AvgIpc) is 2.47. The van der Waals surface area contributed by atoms with Gasteiger partial charge in [0.25, 0.3) is 0 Å². The zero-order valence-corrected chi connectivity index (χ0v) is 11.8. The lowest BCUT2D eigenvalue weighted by Crippen LogP contribution is -2.30. The molecule has 1 aliphatic rings. The van der Waals surface area contributed by atoms with Crippen molar-refractivity contribution in [2.75, 3.05) is 26.3 Å². The van der Waals surface area contributed by atoms with E-state index in [0.717, 1.165) is 24.2 Å². The number of fused-ring (bicyclic) bond motifs is 1. The molecule has 1 heterocycles. The van der Waals surface area contributed by atoms with Crippen LogP contribution in [0.3, 0.4) is 0 Å². The van der Waals surface area contributed by atoms with E-state index in [1.807, 2.05) is 25.1 Å². The quantitative estimate of drug-likeness (QED) is 0.701. The van der Waals surface area contributed by atoms with E-state index in [0.29, 0.717) is 32.1 Å². The molecule has 3 N–H and O–H groups in total. The number of aliphatic hydroxyl groups excluding tert-OH is 2. The van der Waals surface area contributed by atoms with Gasteiger partial charge in [-0.05, 0) is 24.1 Å². The largest absolute Gasteiger partial charge is 0.486 e. The molecule has 112 valence electrons. The number of hydrogen-bond donors (Lipinski definition) is 3. The van der Waals surface area contributed by atoms with E-state index in [2.05, 4.69) is 5.32 Å². The van der Waals surface area contributed by atoms with E-state index in [1.165, 1.54) is 0 Å². The first-order chi connectivity index (χ1) is 9.70. The third-order valence-corrected chi connectivity index (χ3v) is 3.29. The molecular weight excluding hydrogens is 258 g/mol. The molecule has 20 heavy (non-hydrogen) atoms. The minimum atomic E-state index is -0.625. The SMILES string of the molecule is CCCC(O)CNCC(O)c1ccc2c(c1)OCCO2. The predicted octanol–water partition coefficient (Wildman–Crippen LogP) is 1.24. The molecule has 5 nitrogen and oxygen atoms in total. The summed E-state index contributed by atoms with van der Waals surface area (Å²) in [5.74, 6) is 1.40. The zero-order valence-electron chi connectivity index (χ0n) is 11.8. The molecule has 2 rings (SSSR count). The normalized spacial score (nSPS) is 16.8. The van der Waals surface area contributed by atoms with Crippen LogP contribution in [0.5, 0.6) is 11.5 Å². The van der Waals surface area contributed by atoms with Crippen molar-refractivity contribution < 1.29 is 19.7 Å². The fraction of sp³-hybridized carbons (Fsp3) is 0.600. The maximum atomic E-state index is 10.1. The Kier molecular flexibility index (Phi) is 5.64. The van der Waals surface area contributed by atoms with Crippen LogP contribution in [-0.2, 0) is 0 Å². The highest BCUT2D eigenvalue weighted by molar-refractivity contribution is 5.44. The summed E-state index contributed by atoms with van der Waals surface area (Å²) in [4.78, 5) is 0. The van der Waals surface area contributed by atoms with Crippen LogP contribution in [0.15, 0.2) is 18.2 Å². The highest BCUT2D eigenvalue weighted by Crippen LogP contribution is 2.32. The Labute approximate surface area is 119 Å². The second-order valence-corrected chi connectivity index (χ2v) is 5.02. The molecular formula is C15H23NO4. The summed E-state index contributed by atoms with van der Waals surface area (Å²) < 4.78 is 10.9. The minimum absolute atomic E-state index is 0.354. The number of aliphatic hydroxyl groups is 2. The van der Waals surface area contributed by atoms with Gasteiger partial charge < -0.3 is 25.0 Å². The Morgan fingerprint density at radius 3 is 2.65 bits per heavy atom. The summed E-state index contributed by atoms with van der Waals surface area (Å²) in [5.41, 5.74) is 0.784. The van der Waals surface area contributed by atoms with Crippen molar-refractivity contribution >= 4 is 0 Å². The monoisotopic (exact) mass is 281 g/mol. The van der Waals surface area contributed by atoms with Crippen molar-refractivity contribution in [3.63, 3.8) is 0 Å². The lowest BCUT2D eigenvalue weighted by Gasteiger charge is -2.20. The van der Waals surface area contributed by atoms with Crippen molar-refractivity contribution in [1.82, 2.24) is 5.32 Å². The number of nitrogens with one attached hydrogen (secondary N) is 1. The lowest BCUT2D eigenvalue weighted by atomic mass is 10.1. The van der Waals surface area contributed by atoms with Gasteiger partial charge in [0, 0.05) is 13.1 Å². The van der Waals surface area contributed by atoms with Gasteiger partial charge in [-0.1, -0.05) is 19.4 Å². The van der Waals surface area contributed by atoms with Crippen molar-refractivity contribution in [3.8, 4) is 11.5 Å². The Bertz CT molecular complexity index is 424. The predicted molar refractivity (Wildman–Crippen MR) is 76.2 cm³/mol. The molecule has 2 atom stereocenters. The van der Waals surface area contributed by atoms with Crippen molar-refractivity contribution in [2.45, 2.75) is 32.0 Å². The van der Waals surface area contributed by atoms with E-state index in [4.69, 9.17) is 9.47 Å². The second kappa shape index (κ2) is 7.47. The molecule has 0 saturated carbocycles. The Hall–Kier alpha value is -1.30. The van der Waals surface area contributed by atoms with Gasteiger partial charge in [0.05, 0.1) is 12.2 Å². The van der Waals surface area contributed by atoms with E-state index in [-0.39, 0.29) is 6.10 Å². The maximum Gasteiger partial charge on any atom is 0.161 e. The third kappa shape index (κ3) is 4.10. The first-order valence-corrected chi connectivity index (χ1v) is 7.17. The lowest BCUT2D eigenvalue weighted by molar-refractivity contribution is 0.139. The van der Waals surface area contributed by atoms with Crippen LogP contribution < -0.4 is 14.8 Å². The van der Waals surface area contributed by atoms with Crippen molar-refractivity contribution in [2.24, 2.45) is 0 Å². The molecule has 0 saturated heterocycles. The highest BCUT2D eigenvalue weighted by atomic mass is 16.6. The number of benzene rings is 1. The average molecular weight is 281 g/mol. The van der Waals surface area contributed by atoms with Crippen LogP contribution in [-0.4, -0.2) is 42.6 Å². The summed E-state index contributed by atoms with van der Waals surface area (Å²) in [6.07, 6.45) is 0.743. The minimum Gasteiger partial charge on any atom is -0.486 e. The molecule has 5 heteroatoms. The molecule has 0 spiro atoms. The van der Waals surface area contributed by atoms with Crippen LogP contribution in [0.1, 0.15) is 31.4 Å². The van der Waals surface area contributed by atoms with Crippen LogP contribution in [0.25, 0.3) is 0 Å². The fourth-order valence-corrected chi connectivity index (χ4v) is 2.21. The van der Waals surface area contributed by atoms with Gasteiger partial charge in [0.15, 0.2) is 11.5 Å². The van der Waals surface area contributed by atoms with E-state index >= 15 is 0 Å². The van der Waals surface area contributed by atoms with E-state index in [9.17, 15) is 10.2 Å². The molecule has 0 aliphatic carbocycles. The summed E-state index contributed by atoms with van der Waals surface area (Å²) in [6.45, 7) is 4.03. The van der Waals surface area contributed by atoms with Gasteiger partial charge in [-0.15, -0.1) is 0 Å². The Morgan fingerprint density at radius 2 is 1.90 bits per heavy atom. The van der Waals surface area contributed by atoms with E-state index < -0.39 is 6.10 Å². The van der Waals surface area contributed by atoms with Gasteiger partial charge in [-0.3, -0.25) is 0 Å². The zero-order chi connectivity index (χ0) is 14.4. The number of hydrogen-bond acceptors (Lipinski definition) is 5. The van der Waals surface area contributed by atoms with Gasteiger partial charge in [-0.2, -0.15) is 0 Å². The molecule has 1 aliphatic heterocycles. The van der Waals surface area contributed by atoms with Crippen molar-refractivity contribution in [3.05, 3.63) is 23.8 Å². The topological polar surface area (TPSA) is 71.0 Å². The van der Waals surface area contributed by atoms with Crippen LogP contribution >= 0.6 is 0 Å². The summed E-state index contributed by atoms with van der Waals surface area (Å²) in [5, 5.41) is 22.8. The third-order valence-electron chi connectivity index (χ3n) is 3.29. The summed E-state index contributed by atoms with van der Waals surface area (Å²) >= 11 is 0. The Balaban J connectivity index is 1.84. The van der Waals surface area contributed by atoms with Gasteiger partial charge in [0.2, 0.25) is 0 Å². The van der Waals surface area contributed by atoms with Gasteiger partial charge >= 0.3 is 0 Å². The molecule has 0 radical (unpaired) electrons. The molecule has 0 amide bonds. The summed E-state index contributed by atoms with van der Waals surface area (Å²) in [7, 11) is 0. The molecule has 0 bridgehead atoms. The van der Waals surface area contributed by atoms with Crippen LogP contribution in [0, 0.1) is 0 Å². The standard InChI is InChI=1S/C15H23NO4/c1-2-3-12(17)9-16-10-13(18)11-4-5-14-15(8-11)20-7-6-19-14/h4-5,8,12-13,16-18H,2-3,6-7,9-10H2,1H3. The molecule has 2 unspecified atom stereocenters. The van der Waals surface area contributed by atoms with E-state index in [1.54, 1.807) is 0 Å². The first kappa shape index (κ1) is 15.1. The number of ether oxygens (including phenoxy) is 2. The smallest absolute Gasteiger partial charge is 0.161 e. The van der Waals surface area contributed by atoms with Crippen LogP contribution in [0.4, 0.5) is 0 Å². The second-order valence-electron chi connectivity index (χ2n) is 5.02. The first-order valence-electron chi connectivity index (χ1n) is 7.17.